The van der Waals surface area contributed by atoms with Crippen molar-refractivity contribution in [2.75, 3.05) is 31.2 Å². The van der Waals surface area contributed by atoms with Crippen LogP contribution in [-0.4, -0.2) is 56.0 Å². The molecule has 152 valence electrons. The van der Waals surface area contributed by atoms with Crippen molar-refractivity contribution in [2.24, 2.45) is 0 Å². The molecule has 0 radical (unpaired) electrons. The van der Waals surface area contributed by atoms with Crippen molar-refractivity contribution in [1.29, 1.82) is 0 Å². The summed E-state index contributed by atoms with van der Waals surface area (Å²) < 4.78 is 10.3. The lowest BCUT2D eigenvalue weighted by Crippen LogP contribution is -2.46. The molecular weight excluding hydrogens is 366 g/mol. The average Bonchev–Trinajstić information content (AvgIpc) is 2.69. The van der Waals surface area contributed by atoms with Gasteiger partial charge in [-0.15, -0.1) is 0 Å². The summed E-state index contributed by atoms with van der Waals surface area (Å²) >= 11 is 0. The van der Waals surface area contributed by atoms with Crippen molar-refractivity contribution >= 4 is 29.4 Å². The van der Waals surface area contributed by atoms with Crippen molar-refractivity contribution < 1.29 is 28.7 Å². The van der Waals surface area contributed by atoms with Gasteiger partial charge in [0.05, 0.1) is 12.1 Å². The topological polar surface area (TPSA) is 114 Å². The maximum absolute atomic E-state index is 12.0. The van der Waals surface area contributed by atoms with Crippen molar-refractivity contribution in [3.63, 3.8) is 0 Å². The van der Waals surface area contributed by atoms with Gasteiger partial charge in [0.2, 0.25) is 5.91 Å². The molecule has 0 aliphatic carbocycles. The minimum Gasteiger partial charge on any atom is -0.482 e. The molecule has 0 saturated heterocycles. The smallest absolute Gasteiger partial charge is 0.308 e. The Morgan fingerprint density at radius 1 is 1.29 bits per heavy atom. The monoisotopic (exact) mass is 391 g/mol. The van der Waals surface area contributed by atoms with E-state index in [1.54, 1.807) is 31.2 Å². The molecule has 0 fully saturated rings. The third-order valence-corrected chi connectivity index (χ3v) is 4.03. The Hall–Kier alpha value is -3.10. The van der Waals surface area contributed by atoms with Gasteiger partial charge in [-0.1, -0.05) is 19.1 Å². The number of para-hydroxylation sites is 2. The second kappa shape index (κ2) is 10.3. The fourth-order valence-electron chi connectivity index (χ4n) is 2.57. The molecule has 1 atom stereocenters. The molecular formula is C19H25N3O6. The molecule has 9 heteroatoms. The minimum atomic E-state index is -0.722. The van der Waals surface area contributed by atoms with Gasteiger partial charge in [0.25, 0.3) is 11.8 Å². The molecule has 1 aromatic carbocycles. The fourth-order valence-corrected chi connectivity index (χ4v) is 2.57. The Bertz CT molecular complexity index is 736. The van der Waals surface area contributed by atoms with Crippen LogP contribution in [-0.2, 0) is 23.9 Å². The van der Waals surface area contributed by atoms with Crippen molar-refractivity contribution in [2.45, 2.75) is 32.7 Å². The van der Waals surface area contributed by atoms with Gasteiger partial charge in [-0.2, -0.15) is 0 Å². The van der Waals surface area contributed by atoms with Crippen LogP contribution >= 0.6 is 0 Å². The van der Waals surface area contributed by atoms with Crippen LogP contribution < -0.4 is 20.3 Å². The molecule has 1 heterocycles. The van der Waals surface area contributed by atoms with E-state index in [1.807, 2.05) is 6.92 Å². The first kappa shape index (κ1) is 21.2. The number of hydrogen-bond acceptors (Lipinski definition) is 6. The summed E-state index contributed by atoms with van der Waals surface area (Å²) in [5, 5.41) is 5.12. The highest BCUT2D eigenvalue weighted by Gasteiger charge is 2.25. The lowest BCUT2D eigenvalue weighted by molar-refractivity contribution is -0.148. The van der Waals surface area contributed by atoms with Crippen LogP contribution in [0.4, 0.5) is 5.69 Å². The number of hydrogen-bond donors (Lipinski definition) is 2. The van der Waals surface area contributed by atoms with Gasteiger partial charge in [-0.3, -0.25) is 19.2 Å². The van der Waals surface area contributed by atoms with E-state index >= 15 is 0 Å². The summed E-state index contributed by atoms with van der Waals surface area (Å²) in [7, 11) is 0. The van der Waals surface area contributed by atoms with Gasteiger partial charge in [0.1, 0.15) is 11.8 Å². The maximum atomic E-state index is 12.0. The van der Waals surface area contributed by atoms with E-state index in [4.69, 9.17) is 9.47 Å². The zero-order valence-corrected chi connectivity index (χ0v) is 16.0. The summed E-state index contributed by atoms with van der Waals surface area (Å²) in [5.41, 5.74) is 0.594. The van der Waals surface area contributed by atoms with Gasteiger partial charge >= 0.3 is 5.97 Å². The molecule has 0 spiro atoms. The second-order valence-corrected chi connectivity index (χ2v) is 6.29. The number of fused-ring (bicyclic) bond motifs is 1. The highest BCUT2D eigenvalue weighted by molar-refractivity contribution is 5.98. The number of anilines is 1. The minimum absolute atomic E-state index is 0.0695. The second-order valence-electron chi connectivity index (χ2n) is 6.29. The van der Waals surface area contributed by atoms with Gasteiger partial charge in [0.15, 0.2) is 13.2 Å². The Kier molecular flexibility index (Phi) is 7.79. The lowest BCUT2D eigenvalue weighted by Gasteiger charge is -2.28. The fraction of sp³-hybridized carbons (Fsp3) is 0.474. The summed E-state index contributed by atoms with van der Waals surface area (Å²) in [4.78, 5) is 48.9. The largest absolute Gasteiger partial charge is 0.482 e. The van der Waals surface area contributed by atoms with Crippen LogP contribution in [0.1, 0.15) is 26.7 Å². The van der Waals surface area contributed by atoms with Crippen LogP contribution in [0, 0.1) is 0 Å². The van der Waals surface area contributed by atoms with E-state index in [0.29, 0.717) is 18.0 Å². The first-order valence-electron chi connectivity index (χ1n) is 9.17. The number of esters is 1. The summed E-state index contributed by atoms with van der Waals surface area (Å²) in [6, 6.07) is 6.32. The van der Waals surface area contributed by atoms with E-state index in [2.05, 4.69) is 10.6 Å². The Morgan fingerprint density at radius 3 is 2.79 bits per heavy atom. The molecule has 2 rings (SSSR count). The van der Waals surface area contributed by atoms with Crippen LogP contribution in [0.5, 0.6) is 5.75 Å². The quantitative estimate of drug-likeness (QED) is 0.588. The number of rotatable bonds is 9. The van der Waals surface area contributed by atoms with Gasteiger partial charge in [-0.25, -0.2) is 0 Å². The van der Waals surface area contributed by atoms with Crippen molar-refractivity contribution in [1.82, 2.24) is 10.6 Å². The SMILES string of the molecule is CCCNC(=O)[C@H](C)NC(=O)COC(=O)CCN1C(=O)COc2ccccc21. The Balaban J connectivity index is 1.75. The molecule has 28 heavy (non-hydrogen) atoms. The predicted octanol–water partition coefficient (Wildman–Crippen LogP) is 0.376. The van der Waals surface area contributed by atoms with E-state index in [1.165, 1.54) is 4.90 Å². The lowest BCUT2D eigenvalue weighted by atomic mass is 10.2. The molecule has 0 aromatic heterocycles. The Labute approximate surface area is 163 Å². The normalized spacial score (nSPS) is 13.8. The van der Waals surface area contributed by atoms with E-state index in [-0.39, 0.29) is 31.4 Å². The van der Waals surface area contributed by atoms with Crippen molar-refractivity contribution in [3.05, 3.63) is 24.3 Å². The number of nitrogens with one attached hydrogen (secondary N) is 2. The molecule has 9 nitrogen and oxygen atoms in total. The summed E-state index contributed by atoms with van der Waals surface area (Å²) in [6.07, 6.45) is 0.722. The summed E-state index contributed by atoms with van der Waals surface area (Å²) in [5.74, 6) is -1.16. The molecule has 1 aromatic rings. The zero-order valence-electron chi connectivity index (χ0n) is 16.0. The van der Waals surface area contributed by atoms with E-state index < -0.39 is 24.5 Å². The van der Waals surface area contributed by atoms with Gasteiger partial charge < -0.3 is 25.0 Å². The summed E-state index contributed by atoms with van der Waals surface area (Å²) in [6.45, 7) is 3.54. The maximum Gasteiger partial charge on any atom is 0.308 e. The number of ether oxygens (including phenoxy) is 2. The standard InChI is InChI=1S/C19H25N3O6/c1-3-9-20-19(26)13(2)21-16(23)11-28-18(25)8-10-22-14-6-4-5-7-15(14)27-12-17(22)24/h4-7,13H,3,8-12H2,1-2H3,(H,20,26)(H,21,23)/t13-/m0/s1. The number of amides is 3. The van der Waals surface area contributed by atoms with Gasteiger partial charge in [-0.05, 0) is 25.5 Å². The Morgan fingerprint density at radius 2 is 2.04 bits per heavy atom. The van der Waals surface area contributed by atoms with Crippen LogP contribution in [0.3, 0.4) is 0 Å². The van der Waals surface area contributed by atoms with Crippen molar-refractivity contribution in [3.8, 4) is 5.75 Å². The highest BCUT2D eigenvalue weighted by atomic mass is 16.5. The van der Waals surface area contributed by atoms with E-state index in [9.17, 15) is 19.2 Å². The molecule has 1 aliphatic rings. The molecule has 0 bridgehead atoms. The number of carbonyl (C=O) groups is 4. The van der Waals surface area contributed by atoms with Crippen LogP contribution in [0.15, 0.2) is 24.3 Å². The number of nitrogens with zero attached hydrogens (tertiary/aromatic N) is 1. The molecule has 0 saturated carbocycles. The molecule has 3 amide bonds. The highest BCUT2D eigenvalue weighted by Crippen LogP contribution is 2.31. The first-order chi connectivity index (χ1) is 13.4. The van der Waals surface area contributed by atoms with Crippen LogP contribution in [0.2, 0.25) is 0 Å². The molecule has 2 N–H and O–H groups in total. The van der Waals surface area contributed by atoms with Gasteiger partial charge in [0, 0.05) is 13.1 Å². The predicted molar refractivity (Wildman–Crippen MR) is 101 cm³/mol. The molecule has 1 aliphatic heterocycles. The number of carbonyl (C=O) groups excluding carboxylic acids is 4. The van der Waals surface area contributed by atoms with Crippen LogP contribution in [0.25, 0.3) is 0 Å². The third kappa shape index (κ3) is 5.97. The third-order valence-electron chi connectivity index (χ3n) is 4.03. The first-order valence-corrected chi connectivity index (χ1v) is 9.17. The molecule has 0 unspecified atom stereocenters. The average molecular weight is 391 g/mol. The number of benzene rings is 1. The zero-order chi connectivity index (χ0) is 20.5. The van der Waals surface area contributed by atoms with E-state index in [0.717, 1.165) is 6.42 Å².